The third kappa shape index (κ3) is 4.23. The van der Waals surface area contributed by atoms with E-state index in [2.05, 4.69) is 12.2 Å². The van der Waals surface area contributed by atoms with Gasteiger partial charge in [0.15, 0.2) is 6.10 Å². The number of fused-ring (bicyclic) bond motifs is 6. The quantitative estimate of drug-likeness (QED) is 0.116. The molecular formula is C34H25ClN2O5. The number of anilines is 1. The maximum Gasteiger partial charge on any atom is 0.339 e. The van der Waals surface area contributed by atoms with Gasteiger partial charge in [-0.15, -0.1) is 0 Å². The molecule has 1 aromatic heterocycles. The van der Waals surface area contributed by atoms with E-state index >= 15 is 0 Å². The fraction of sp³-hybridized carbons (Fsp3) is 0.206. The molecule has 7 rings (SSSR count). The number of amides is 2. The van der Waals surface area contributed by atoms with Crippen LogP contribution in [-0.4, -0.2) is 34.7 Å². The number of ether oxygens (including phenoxy) is 1. The summed E-state index contributed by atoms with van der Waals surface area (Å²) >= 11 is 6.25. The summed E-state index contributed by atoms with van der Waals surface area (Å²) in [6.45, 7) is 1.54. The Morgan fingerprint density at radius 1 is 0.905 bits per heavy atom. The van der Waals surface area contributed by atoms with Crippen LogP contribution in [0.4, 0.5) is 5.69 Å². The lowest BCUT2D eigenvalue weighted by Gasteiger charge is -2.18. The van der Waals surface area contributed by atoms with Gasteiger partial charge in [-0.25, -0.2) is 9.78 Å². The number of carbonyl (C=O) groups is 4. The van der Waals surface area contributed by atoms with Crippen LogP contribution in [0.3, 0.4) is 0 Å². The van der Waals surface area contributed by atoms with E-state index in [9.17, 15) is 19.2 Å². The van der Waals surface area contributed by atoms with Gasteiger partial charge in [-0.2, -0.15) is 0 Å². The second-order valence-corrected chi connectivity index (χ2v) is 11.5. The average Bonchev–Trinajstić information content (AvgIpc) is 3.70. The molecule has 2 aliphatic carbocycles. The summed E-state index contributed by atoms with van der Waals surface area (Å²) in [4.78, 5) is 58.8. The summed E-state index contributed by atoms with van der Waals surface area (Å²) in [6.07, 6.45) is 4.01. The lowest BCUT2D eigenvalue weighted by molar-refractivity contribution is -0.123. The molecular weight excluding hydrogens is 552 g/mol. The first-order valence-corrected chi connectivity index (χ1v) is 14.2. The third-order valence-electron chi connectivity index (χ3n) is 8.59. The highest BCUT2D eigenvalue weighted by molar-refractivity contribution is 6.31. The van der Waals surface area contributed by atoms with Crippen LogP contribution in [0, 0.1) is 23.7 Å². The molecule has 208 valence electrons. The number of aromatic nitrogens is 1. The number of carbonyl (C=O) groups excluding carboxylic acids is 4. The third-order valence-corrected chi connectivity index (χ3v) is 8.83. The van der Waals surface area contributed by atoms with Gasteiger partial charge >= 0.3 is 5.97 Å². The van der Waals surface area contributed by atoms with Crippen molar-refractivity contribution in [2.24, 2.45) is 23.7 Å². The van der Waals surface area contributed by atoms with Crippen molar-refractivity contribution in [3.8, 4) is 11.3 Å². The van der Waals surface area contributed by atoms with Gasteiger partial charge in [0, 0.05) is 21.5 Å². The highest BCUT2D eigenvalue weighted by Gasteiger charge is 2.59. The molecule has 1 aliphatic heterocycles. The van der Waals surface area contributed by atoms with Crippen molar-refractivity contribution < 1.29 is 23.9 Å². The molecule has 42 heavy (non-hydrogen) atoms. The molecule has 5 unspecified atom stereocenters. The summed E-state index contributed by atoms with van der Waals surface area (Å²) in [7, 11) is 0. The van der Waals surface area contributed by atoms with Crippen molar-refractivity contribution in [1.82, 2.24) is 4.98 Å². The first-order chi connectivity index (χ1) is 20.3. The monoisotopic (exact) mass is 576 g/mol. The lowest BCUT2D eigenvalue weighted by Crippen LogP contribution is -2.32. The first kappa shape index (κ1) is 26.3. The van der Waals surface area contributed by atoms with Crippen LogP contribution in [0.5, 0.6) is 0 Å². The van der Waals surface area contributed by atoms with E-state index in [-0.39, 0.29) is 46.8 Å². The Bertz CT molecular complexity index is 1790. The van der Waals surface area contributed by atoms with Crippen LogP contribution in [0.1, 0.15) is 34.1 Å². The van der Waals surface area contributed by atoms with E-state index in [4.69, 9.17) is 21.3 Å². The molecule has 2 amide bonds. The minimum atomic E-state index is -1.01. The summed E-state index contributed by atoms with van der Waals surface area (Å²) in [5.74, 6) is -1.53. The average molecular weight is 577 g/mol. The normalized spacial score (nSPS) is 23.0. The van der Waals surface area contributed by atoms with Crippen LogP contribution in [0.25, 0.3) is 22.2 Å². The van der Waals surface area contributed by atoms with Crippen LogP contribution in [0.2, 0.25) is 5.02 Å². The summed E-state index contributed by atoms with van der Waals surface area (Å²) in [5, 5.41) is 0.924. The van der Waals surface area contributed by atoms with Crippen LogP contribution < -0.4 is 4.90 Å². The minimum absolute atomic E-state index is 0.139. The number of ketones is 1. The predicted octanol–water partition coefficient (Wildman–Crippen LogP) is 6.29. The van der Waals surface area contributed by atoms with E-state index in [1.807, 2.05) is 0 Å². The number of hydrogen-bond acceptors (Lipinski definition) is 6. The van der Waals surface area contributed by atoms with Crippen molar-refractivity contribution in [1.29, 1.82) is 0 Å². The molecule has 7 nitrogen and oxygen atoms in total. The molecule has 2 heterocycles. The van der Waals surface area contributed by atoms with Gasteiger partial charge < -0.3 is 4.74 Å². The highest BCUT2D eigenvalue weighted by atomic mass is 35.5. The van der Waals surface area contributed by atoms with Crippen LogP contribution >= 0.6 is 11.6 Å². The molecule has 3 aromatic carbocycles. The largest absolute Gasteiger partial charge is 0.451 e. The number of Topliss-reactive ketones (excluding diaryl/α,β-unsaturated/α-hetero) is 1. The summed E-state index contributed by atoms with van der Waals surface area (Å²) < 4.78 is 5.61. The Labute approximate surface area is 246 Å². The standard InChI is InChI=1S/C34H25ClN2O5/c1-18(31(38)20-5-3-2-4-6-20)42-34(41)26-17-28(36-27-14-11-23(35)16-25(26)27)19-9-12-24(13-10-19)37-32(39)29-21-7-8-22(15-21)30(29)33(37)40/h2-14,16-18,21-22,29-30H,15H2,1H3. The summed E-state index contributed by atoms with van der Waals surface area (Å²) in [6, 6.07) is 22.3. The zero-order valence-electron chi connectivity index (χ0n) is 22.6. The number of allylic oxidation sites excluding steroid dienone is 2. The number of imide groups is 1. The van der Waals surface area contributed by atoms with E-state index in [0.717, 1.165) is 6.42 Å². The Morgan fingerprint density at radius 3 is 2.24 bits per heavy atom. The first-order valence-electron chi connectivity index (χ1n) is 13.9. The molecule has 0 spiro atoms. The SMILES string of the molecule is CC(OC(=O)c1cc(-c2ccc(N3C(=O)C4C5C=CC(C5)C4C3=O)cc2)nc2ccc(Cl)cc12)C(=O)c1ccccc1. The van der Waals surface area contributed by atoms with Crippen LogP contribution in [-0.2, 0) is 14.3 Å². The number of nitrogens with zero attached hydrogens (tertiary/aromatic N) is 2. The second kappa shape index (κ2) is 10.0. The number of esters is 1. The number of hydrogen-bond donors (Lipinski definition) is 0. The van der Waals surface area contributed by atoms with Crippen molar-refractivity contribution in [3.05, 3.63) is 107 Å². The van der Waals surface area contributed by atoms with Crippen molar-refractivity contribution in [2.75, 3.05) is 4.90 Å². The fourth-order valence-electron chi connectivity index (χ4n) is 6.57. The van der Waals surface area contributed by atoms with Gasteiger partial charge in [-0.05, 0) is 61.6 Å². The Balaban J connectivity index is 1.19. The molecule has 0 N–H and O–H groups in total. The van der Waals surface area contributed by atoms with Crippen molar-refractivity contribution in [2.45, 2.75) is 19.4 Å². The van der Waals surface area contributed by atoms with Gasteiger partial charge in [0.25, 0.3) is 0 Å². The van der Waals surface area contributed by atoms with E-state index < -0.39 is 12.1 Å². The molecule has 1 saturated carbocycles. The maximum absolute atomic E-state index is 13.4. The molecule has 5 atom stereocenters. The molecule has 1 saturated heterocycles. The van der Waals surface area contributed by atoms with E-state index in [0.29, 0.717) is 38.4 Å². The van der Waals surface area contributed by atoms with Crippen molar-refractivity contribution in [3.63, 3.8) is 0 Å². The number of pyridine rings is 1. The van der Waals surface area contributed by atoms with Gasteiger partial charge in [-0.1, -0.05) is 66.2 Å². The van der Waals surface area contributed by atoms with Gasteiger partial charge in [0.05, 0.1) is 34.3 Å². The minimum Gasteiger partial charge on any atom is -0.451 e. The van der Waals surface area contributed by atoms with E-state index in [1.54, 1.807) is 85.8 Å². The van der Waals surface area contributed by atoms with E-state index in [1.165, 1.54) is 4.90 Å². The van der Waals surface area contributed by atoms with Gasteiger partial charge in [-0.3, -0.25) is 19.3 Å². The smallest absolute Gasteiger partial charge is 0.339 e. The Morgan fingerprint density at radius 2 is 1.57 bits per heavy atom. The molecule has 3 aliphatic rings. The second-order valence-electron chi connectivity index (χ2n) is 11.1. The molecule has 2 fully saturated rings. The molecule has 4 aromatic rings. The van der Waals surface area contributed by atoms with Crippen molar-refractivity contribution >= 4 is 51.8 Å². The Kier molecular flexibility index (Phi) is 6.28. The number of benzene rings is 3. The highest BCUT2D eigenvalue weighted by Crippen LogP contribution is 2.53. The van der Waals surface area contributed by atoms with Crippen LogP contribution in [0.15, 0.2) is 91.0 Å². The zero-order chi connectivity index (χ0) is 29.1. The molecule has 2 bridgehead atoms. The molecule has 8 heteroatoms. The predicted molar refractivity (Wildman–Crippen MR) is 158 cm³/mol. The van der Waals surface area contributed by atoms with Gasteiger partial charge in [0.1, 0.15) is 0 Å². The Hall–Kier alpha value is -4.62. The lowest BCUT2D eigenvalue weighted by atomic mass is 9.85. The topological polar surface area (TPSA) is 93.6 Å². The number of rotatable bonds is 6. The maximum atomic E-state index is 13.4. The van der Waals surface area contributed by atoms with Gasteiger partial charge in [0.2, 0.25) is 17.6 Å². The zero-order valence-corrected chi connectivity index (χ0v) is 23.3. The molecule has 0 radical (unpaired) electrons. The number of halogens is 1. The fourth-order valence-corrected chi connectivity index (χ4v) is 6.74. The summed E-state index contributed by atoms with van der Waals surface area (Å²) in [5.41, 5.74) is 2.88.